The number of nitrogens with two attached hydrogens (primary N) is 1. The van der Waals surface area contributed by atoms with E-state index in [4.69, 9.17) is 10.5 Å². The van der Waals surface area contributed by atoms with Gasteiger partial charge in [-0.2, -0.15) is 0 Å². The lowest BCUT2D eigenvalue weighted by atomic mass is 10.2. The second-order valence-electron chi connectivity index (χ2n) is 3.69. The van der Waals surface area contributed by atoms with Gasteiger partial charge in [0.15, 0.2) is 0 Å². The highest BCUT2D eigenvalue weighted by Crippen LogP contribution is 2.03. The largest absolute Gasteiger partial charge is 0.383 e. The summed E-state index contributed by atoms with van der Waals surface area (Å²) >= 11 is 0. The Bertz CT molecular complexity index is 257. The molecule has 0 aliphatic carbocycles. The maximum Gasteiger partial charge on any atom is 0.312 e. The van der Waals surface area contributed by atoms with Crippen LogP contribution < -0.4 is 5.73 Å². The molecule has 2 N–H and O–H groups in total. The van der Waals surface area contributed by atoms with Crippen molar-refractivity contribution in [1.29, 1.82) is 0 Å². The second kappa shape index (κ2) is 5.09. The average molecular weight is 215 g/mol. The molecular weight excluding hydrogens is 198 g/mol. The fourth-order valence-corrected chi connectivity index (χ4v) is 1.50. The second-order valence-corrected chi connectivity index (χ2v) is 3.69. The maximum atomic E-state index is 11.5. The van der Waals surface area contributed by atoms with Crippen LogP contribution in [0.3, 0.4) is 0 Å². The fraction of sp³-hybridized carbons (Fsp3) is 0.778. The molecule has 0 saturated carbocycles. The Hall–Kier alpha value is -1.14. The Labute approximate surface area is 88.9 Å². The number of likely N-dealkylation sites (N-methyl/N-ethyl adjacent to an activating group) is 1. The molecule has 1 atom stereocenters. The Morgan fingerprint density at radius 2 is 2.07 bits per heavy atom. The Balaban J connectivity index is 2.49. The smallest absolute Gasteiger partial charge is 0.312 e. The minimum absolute atomic E-state index is 0.241. The predicted octanol–water partition coefficient (Wildman–Crippen LogP) is -1.74. The van der Waals surface area contributed by atoms with Crippen molar-refractivity contribution in [3.63, 3.8) is 0 Å². The van der Waals surface area contributed by atoms with Crippen LogP contribution in [0.2, 0.25) is 0 Å². The van der Waals surface area contributed by atoms with Crippen LogP contribution in [-0.4, -0.2) is 68.1 Å². The normalized spacial score (nSPS) is 19.7. The quantitative estimate of drug-likeness (QED) is 0.565. The van der Waals surface area contributed by atoms with E-state index in [0.29, 0.717) is 26.2 Å². The van der Waals surface area contributed by atoms with Gasteiger partial charge in [0.05, 0.1) is 6.61 Å². The first kappa shape index (κ1) is 11.9. The third kappa shape index (κ3) is 2.90. The summed E-state index contributed by atoms with van der Waals surface area (Å²) in [6.45, 7) is 1.85. The van der Waals surface area contributed by atoms with Gasteiger partial charge in [-0.1, -0.05) is 0 Å². The van der Waals surface area contributed by atoms with Crippen LogP contribution in [0.1, 0.15) is 0 Å². The van der Waals surface area contributed by atoms with Gasteiger partial charge in [-0.25, -0.2) is 0 Å². The molecule has 0 aromatic carbocycles. The van der Waals surface area contributed by atoms with Gasteiger partial charge in [-0.05, 0) is 0 Å². The van der Waals surface area contributed by atoms with Gasteiger partial charge in [0, 0.05) is 39.8 Å². The molecular formula is C9H17N3O3. The standard InChI is InChI=1S/C9H17N3O3/c1-11-3-4-12(9(14)8(11)13)5-7(10)6-15-2/h7H,3-6,10H2,1-2H3. The molecule has 15 heavy (non-hydrogen) atoms. The molecule has 1 unspecified atom stereocenters. The highest BCUT2D eigenvalue weighted by molar-refractivity contribution is 6.35. The molecule has 6 nitrogen and oxygen atoms in total. The van der Waals surface area contributed by atoms with Gasteiger partial charge >= 0.3 is 11.8 Å². The lowest BCUT2D eigenvalue weighted by Gasteiger charge is -2.32. The van der Waals surface area contributed by atoms with Gasteiger partial charge in [0.1, 0.15) is 0 Å². The minimum Gasteiger partial charge on any atom is -0.383 e. The van der Waals surface area contributed by atoms with E-state index in [2.05, 4.69) is 0 Å². The number of ether oxygens (including phenoxy) is 1. The van der Waals surface area contributed by atoms with Crippen LogP contribution in [-0.2, 0) is 14.3 Å². The van der Waals surface area contributed by atoms with Crippen LogP contribution in [0.25, 0.3) is 0 Å². The molecule has 0 spiro atoms. The monoisotopic (exact) mass is 215 g/mol. The number of piperazine rings is 1. The number of carbonyl (C=O) groups is 2. The Morgan fingerprint density at radius 1 is 1.40 bits per heavy atom. The van der Waals surface area contributed by atoms with E-state index in [1.807, 2.05) is 0 Å². The van der Waals surface area contributed by atoms with Crippen molar-refractivity contribution in [2.45, 2.75) is 6.04 Å². The van der Waals surface area contributed by atoms with Crippen LogP contribution in [0.15, 0.2) is 0 Å². The van der Waals surface area contributed by atoms with Crippen molar-refractivity contribution >= 4 is 11.8 Å². The number of hydrogen-bond acceptors (Lipinski definition) is 4. The molecule has 0 aromatic heterocycles. The Morgan fingerprint density at radius 3 is 2.67 bits per heavy atom. The number of rotatable bonds is 4. The highest BCUT2D eigenvalue weighted by Gasteiger charge is 2.30. The summed E-state index contributed by atoms with van der Waals surface area (Å²) in [6.07, 6.45) is 0. The van der Waals surface area contributed by atoms with Crippen molar-refractivity contribution in [1.82, 2.24) is 9.80 Å². The predicted molar refractivity (Wildman–Crippen MR) is 54.1 cm³/mol. The summed E-state index contributed by atoms with van der Waals surface area (Å²) in [7, 11) is 3.17. The van der Waals surface area contributed by atoms with E-state index in [9.17, 15) is 9.59 Å². The minimum atomic E-state index is -0.477. The summed E-state index contributed by atoms with van der Waals surface area (Å²) in [4.78, 5) is 25.7. The average Bonchev–Trinajstić information content (AvgIpc) is 2.20. The van der Waals surface area contributed by atoms with E-state index in [1.54, 1.807) is 14.2 Å². The zero-order valence-electron chi connectivity index (χ0n) is 9.10. The molecule has 2 amide bonds. The van der Waals surface area contributed by atoms with E-state index in [1.165, 1.54) is 9.80 Å². The molecule has 1 rings (SSSR count). The molecule has 0 bridgehead atoms. The molecule has 1 heterocycles. The van der Waals surface area contributed by atoms with Crippen molar-refractivity contribution in [2.75, 3.05) is 40.4 Å². The van der Waals surface area contributed by atoms with Crippen molar-refractivity contribution in [3.8, 4) is 0 Å². The van der Waals surface area contributed by atoms with Gasteiger partial charge in [0.2, 0.25) is 0 Å². The molecule has 1 aliphatic heterocycles. The first-order valence-electron chi connectivity index (χ1n) is 4.85. The molecule has 1 saturated heterocycles. The zero-order valence-corrected chi connectivity index (χ0v) is 9.10. The molecule has 1 aliphatic rings. The Kier molecular flexibility index (Phi) is 4.05. The van der Waals surface area contributed by atoms with Crippen LogP contribution in [0.4, 0.5) is 0 Å². The van der Waals surface area contributed by atoms with E-state index in [-0.39, 0.29) is 6.04 Å². The summed E-state index contributed by atoms with van der Waals surface area (Å²) in [5.41, 5.74) is 5.71. The number of nitrogens with zero attached hydrogens (tertiary/aromatic N) is 2. The first-order valence-corrected chi connectivity index (χ1v) is 4.85. The van der Waals surface area contributed by atoms with Gasteiger partial charge < -0.3 is 20.3 Å². The van der Waals surface area contributed by atoms with Crippen molar-refractivity contribution < 1.29 is 14.3 Å². The maximum absolute atomic E-state index is 11.5. The number of methoxy groups -OCH3 is 1. The highest BCUT2D eigenvalue weighted by atomic mass is 16.5. The van der Waals surface area contributed by atoms with Crippen LogP contribution in [0, 0.1) is 0 Å². The summed E-state index contributed by atoms with van der Waals surface area (Å²) < 4.78 is 4.87. The van der Waals surface area contributed by atoms with Gasteiger partial charge in [-0.3, -0.25) is 9.59 Å². The lowest BCUT2D eigenvalue weighted by molar-refractivity contribution is -0.155. The molecule has 86 valence electrons. The fourth-order valence-electron chi connectivity index (χ4n) is 1.50. The van der Waals surface area contributed by atoms with Crippen LogP contribution >= 0.6 is 0 Å². The lowest BCUT2D eigenvalue weighted by Crippen LogP contribution is -2.55. The summed E-state index contributed by atoms with van der Waals surface area (Å²) in [5.74, 6) is -0.943. The van der Waals surface area contributed by atoms with Gasteiger partial charge in [0.25, 0.3) is 0 Å². The van der Waals surface area contributed by atoms with Crippen molar-refractivity contribution in [2.24, 2.45) is 5.73 Å². The van der Waals surface area contributed by atoms with Gasteiger partial charge in [-0.15, -0.1) is 0 Å². The summed E-state index contributed by atoms with van der Waals surface area (Å²) in [6, 6.07) is -0.241. The van der Waals surface area contributed by atoms with E-state index in [0.717, 1.165) is 0 Å². The molecule has 6 heteroatoms. The zero-order chi connectivity index (χ0) is 11.4. The first-order chi connectivity index (χ1) is 7.06. The molecule has 0 radical (unpaired) electrons. The van der Waals surface area contributed by atoms with E-state index < -0.39 is 11.8 Å². The third-order valence-corrected chi connectivity index (χ3v) is 2.36. The third-order valence-electron chi connectivity index (χ3n) is 2.36. The number of hydrogen-bond donors (Lipinski definition) is 1. The summed E-state index contributed by atoms with van der Waals surface area (Å²) in [5, 5.41) is 0. The number of amides is 2. The van der Waals surface area contributed by atoms with Crippen LogP contribution in [0.5, 0.6) is 0 Å². The SMILES string of the molecule is COCC(N)CN1CCN(C)C(=O)C1=O. The molecule has 0 aromatic rings. The topological polar surface area (TPSA) is 75.9 Å². The number of carbonyl (C=O) groups excluding carboxylic acids is 2. The molecule has 1 fully saturated rings. The van der Waals surface area contributed by atoms with E-state index >= 15 is 0 Å². The van der Waals surface area contributed by atoms with Crippen molar-refractivity contribution in [3.05, 3.63) is 0 Å².